The summed E-state index contributed by atoms with van der Waals surface area (Å²) in [5.41, 5.74) is 4.57. The third-order valence-electron chi connectivity index (χ3n) is 5.01. The fraction of sp³-hybridized carbons (Fsp3) is 0.167. The van der Waals surface area contributed by atoms with Crippen LogP contribution in [-0.4, -0.2) is 37.4 Å². The van der Waals surface area contributed by atoms with E-state index in [1.807, 2.05) is 67.7 Å². The van der Waals surface area contributed by atoms with Crippen molar-refractivity contribution in [2.75, 3.05) is 6.54 Å². The lowest BCUT2D eigenvalue weighted by Gasteiger charge is -2.14. The van der Waals surface area contributed by atoms with Gasteiger partial charge in [0, 0.05) is 29.8 Å². The van der Waals surface area contributed by atoms with E-state index in [0.717, 1.165) is 28.1 Å². The molecule has 4 rings (SSSR count). The summed E-state index contributed by atoms with van der Waals surface area (Å²) in [7, 11) is 0. The zero-order chi connectivity index (χ0) is 22.7. The molecule has 0 bridgehead atoms. The predicted molar refractivity (Wildman–Crippen MR) is 128 cm³/mol. The van der Waals surface area contributed by atoms with E-state index in [4.69, 9.17) is 17.3 Å². The number of amides is 1. The third-order valence-corrected chi connectivity index (χ3v) is 6.39. The molecule has 0 spiro atoms. The minimum absolute atomic E-state index is 0.114. The Morgan fingerprint density at radius 3 is 2.56 bits per heavy atom. The number of benzene rings is 2. The van der Waals surface area contributed by atoms with Crippen molar-refractivity contribution in [2.24, 2.45) is 0 Å². The van der Waals surface area contributed by atoms with Gasteiger partial charge in [-0.3, -0.25) is 9.69 Å². The Labute approximate surface area is 195 Å². The molecule has 3 aromatic rings. The minimum atomic E-state index is -1.14. The van der Waals surface area contributed by atoms with Gasteiger partial charge in [0.2, 0.25) is 0 Å². The number of hydrogen-bond donors (Lipinski definition) is 0. The first-order chi connectivity index (χ1) is 15.4. The topological polar surface area (TPSA) is 78.3 Å². The summed E-state index contributed by atoms with van der Waals surface area (Å²) >= 11 is 6.57. The molecule has 1 aromatic heterocycles. The van der Waals surface area contributed by atoms with E-state index in [1.165, 1.54) is 16.7 Å². The quantitative estimate of drug-likeness (QED) is 0.395. The van der Waals surface area contributed by atoms with Crippen LogP contribution in [0.25, 0.3) is 23.0 Å². The van der Waals surface area contributed by atoms with Crippen LogP contribution in [0.2, 0.25) is 0 Å². The van der Waals surface area contributed by atoms with Crippen molar-refractivity contribution in [3.63, 3.8) is 0 Å². The molecular weight excluding hydrogens is 442 g/mol. The van der Waals surface area contributed by atoms with E-state index in [2.05, 4.69) is 0 Å². The number of carbonyl (C=O) groups is 2. The molecule has 0 saturated carbocycles. The summed E-state index contributed by atoms with van der Waals surface area (Å²) in [4.78, 5) is 25.5. The first-order valence-electron chi connectivity index (χ1n) is 10.1. The molecule has 162 valence electrons. The lowest BCUT2D eigenvalue weighted by atomic mass is 10.1. The maximum atomic E-state index is 12.9. The second-order valence-electron chi connectivity index (χ2n) is 7.39. The molecule has 2 heterocycles. The number of para-hydroxylation sites is 1. The summed E-state index contributed by atoms with van der Waals surface area (Å²) in [5, 5.41) is 15.5. The number of aromatic nitrogens is 2. The summed E-state index contributed by atoms with van der Waals surface area (Å²) in [6, 6.07) is 17.8. The molecule has 1 saturated heterocycles. The number of carbonyl (C=O) groups excluding carboxylic acids is 2. The normalized spacial score (nSPS) is 15.0. The van der Waals surface area contributed by atoms with Crippen molar-refractivity contribution in [3.05, 3.63) is 76.8 Å². The Kier molecular flexibility index (Phi) is 6.53. The summed E-state index contributed by atoms with van der Waals surface area (Å²) < 4.78 is 2.22. The van der Waals surface area contributed by atoms with Crippen LogP contribution in [0.1, 0.15) is 24.0 Å². The highest BCUT2D eigenvalue weighted by atomic mass is 32.2. The zero-order valence-electron chi connectivity index (χ0n) is 17.4. The highest BCUT2D eigenvalue weighted by Gasteiger charge is 2.32. The highest BCUT2D eigenvalue weighted by Crippen LogP contribution is 2.35. The maximum absolute atomic E-state index is 12.9. The van der Waals surface area contributed by atoms with Gasteiger partial charge in [-0.05, 0) is 38.0 Å². The van der Waals surface area contributed by atoms with E-state index >= 15 is 0 Å². The number of carboxylic acids is 1. The average molecular weight is 463 g/mol. The largest absolute Gasteiger partial charge is 0.550 e. The molecule has 1 fully saturated rings. The van der Waals surface area contributed by atoms with E-state index in [9.17, 15) is 14.7 Å². The summed E-state index contributed by atoms with van der Waals surface area (Å²) in [5.74, 6) is -1.36. The zero-order valence-corrected chi connectivity index (χ0v) is 19.0. The number of aryl methyl sites for hydroxylation is 1. The van der Waals surface area contributed by atoms with Gasteiger partial charge in [-0.15, -0.1) is 0 Å². The van der Waals surface area contributed by atoms with Gasteiger partial charge in [0.05, 0.1) is 16.3 Å². The lowest BCUT2D eigenvalue weighted by molar-refractivity contribution is -0.305. The number of aliphatic carboxylic acids is 1. The molecular formula is C24H20N3O3S2-. The first-order valence-corrected chi connectivity index (χ1v) is 11.3. The molecule has 1 aliphatic rings. The molecule has 6 nitrogen and oxygen atoms in total. The Bertz CT molecular complexity index is 1200. The van der Waals surface area contributed by atoms with E-state index < -0.39 is 5.97 Å². The smallest absolute Gasteiger partial charge is 0.266 e. The van der Waals surface area contributed by atoms with Crippen molar-refractivity contribution < 1.29 is 14.7 Å². The predicted octanol–water partition coefficient (Wildman–Crippen LogP) is 3.58. The van der Waals surface area contributed by atoms with E-state index in [-0.39, 0.29) is 18.9 Å². The van der Waals surface area contributed by atoms with Crippen LogP contribution in [0.4, 0.5) is 0 Å². The van der Waals surface area contributed by atoms with Crippen LogP contribution in [0.3, 0.4) is 0 Å². The van der Waals surface area contributed by atoms with Crippen molar-refractivity contribution >= 4 is 46.3 Å². The fourth-order valence-corrected chi connectivity index (χ4v) is 4.66. The van der Waals surface area contributed by atoms with Crippen LogP contribution in [0.15, 0.2) is 65.7 Å². The Balaban J connectivity index is 1.69. The average Bonchev–Trinajstić information content (AvgIpc) is 3.31. The Hall–Kier alpha value is -3.23. The third kappa shape index (κ3) is 4.81. The van der Waals surface area contributed by atoms with Gasteiger partial charge in [0.15, 0.2) is 0 Å². The van der Waals surface area contributed by atoms with Gasteiger partial charge in [0.1, 0.15) is 4.32 Å². The summed E-state index contributed by atoms with van der Waals surface area (Å²) in [6.07, 6.45) is 3.88. The van der Waals surface area contributed by atoms with Gasteiger partial charge >= 0.3 is 0 Å². The standard InChI is InChI=1S/C24H21N3O3S2/c1-16-9-11-17(12-10-16)22-18(15-27(25-22)19-6-3-2-4-7-19)14-20-23(30)26(24(31)32-20)13-5-8-21(28)29/h2-4,6-7,9-12,14-15H,5,8,13H2,1H3,(H,28,29)/p-1/b20-14-. The Morgan fingerprint density at radius 1 is 1.16 bits per heavy atom. The van der Waals surface area contributed by atoms with Gasteiger partial charge < -0.3 is 9.90 Å². The van der Waals surface area contributed by atoms with Crippen LogP contribution in [0, 0.1) is 6.92 Å². The van der Waals surface area contributed by atoms with Crippen molar-refractivity contribution in [1.82, 2.24) is 14.7 Å². The number of hydrogen-bond acceptors (Lipinski definition) is 6. The molecule has 8 heteroatoms. The number of carboxylic acid groups (broad SMARTS) is 1. The van der Waals surface area contributed by atoms with Gasteiger partial charge in [0.25, 0.3) is 5.91 Å². The van der Waals surface area contributed by atoms with Crippen LogP contribution >= 0.6 is 24.0 Å². The highest BCUT2D eigenvalue weighted by molar-refractivity contribution is 8.26. The number of thioether (sulfide) groups is 1. The van der Waals surface area contributed by atoms with Gasteiger partial charge in [-0.2, -0.15) is 5.10 Å². The monoisotopic (exact) mass is 462 g/mol. The van der Waals surface area contributed by atoms with Crippen LogP contribution in [0.5, 0.6) is 0 Å². The molecule has 1 amide bonds. The van der Waals surface area contributed by atoms with E-state index in [1.54, 1.807) is 10.8 Å². The molecule has 32 heavy (non-hydrogen) atoms. The molecule has 0 atom stereocenters. The van der Waals surface area contributed by atoms with Crippen LogP contribution < -0.4 is 5.11 Å². The second-order valence-corrected chi connectivity index (χ2v) is 9.06. The first kappa shape index (κ1) is 22.0. The maximum Gasteiger partial charge on any atom is 0.266 e. The molecule has 2 aromatic carbocycles. The fourth-order valence-electron chi connectivity index (χ4n) is 3.36. The number of rotatable bonds is 7. The van der Waals surface area contributed by atoms with Crippen molar-refractivity contribution in [1.29, 1.82) is 0 Å². The molecule has 1 aliphatic heterocycles. The van der Waals surface area contributed by atoms with Gasteiger partial charge in [-0.1, -0.05) is 72.0 Å². The molecule has 0 N–H and O–H groups in total. The number of nitrogens with zero attached hydrogens (tertiary/aromatic N) is 3. The van der Waals surface area contributed by atoms with Gasteiger partial charge in [-0.25, -0.2) is 4.68 Å². The van der Waals surface area contributed by atoms with Crippen molar-refractivity contribution in [3.8, 4) is 16.9 Å². The van der Waals surface area contributed by atoms with E-state index in [0.29, 0.717) is 15.6 Å². The minimum Gasteiger partial charge on any atom is -0.550 e. The molecule has 0 unspecified atom stereocenters. The number of thiocarbonyl (C=S) groups is 1. The van der Waals surface area contributed by atoms with Crippen molar-refractivity contribution in [2.45, 2.75) is 19.8 Å². The Morgan fingerprint density at radius 2 is 1.88 bits per heavy atom. The summed E-state index contributed by atoms with van der Waals surface area (Å²) in [6.45, 7) is 2.28. The SMILES string of the molecule is Cc1ccc(-c2nn(-c3ccccc3)cc2/C=C2\SC(=S)N(CCCC(=O)[O-])C2=O)cc1. The van der Waals surface area contributed by atoms with Crippen LogP contribution in [-0.2, 0) is 9.59 Å². The second kappa shape index (κ2) is 9.50. The lowest BCUT2D eigenvalue weighted by Crippen LogP contribution is -2.30. The molecule has 0 aliphatic carbocycles. The molecule has 0 radical (unpaired) electrons.